The molecule has 2 rings (SSSR count). The molecule has 0 spiro atoms. The third-order valence-electron chi connectivity index (χ3n) is 2.44. The molecule has 5 nitrogen and oxygen atoms in total. The Hall–Kier alpha value is -2.77. The number of anilines is 1. The van der Waals surface area contributed by atoms with Gasteiger partial charge in [-0.1, -0.05) is 0 Å². The van der Waals surface area contributed by atoms with E-state index in [-0.39, 0.29) is 11.4 Å². The molecule has 1 aromatic heterocycles. The van der Waals surface area contributed by atoms with Crippen LogP contribution in [0.1, 0.15) is 16.1 Å². The molecule has 8 heteroatoms. The number of alkyl halides is 3. The lowest BCUT2D eigenvalue weighted by Crippen LogP contribution is -2.34. The van der Waals surface area contributed by atoms with Gasteiger partial charge in [0.25, 0.3) is 5.91 Å². The van der Waals surface area contributed by atoms with Gasteiger partial charge in [-0.2, -0.15) is 13.2 Å². The summed E-state index contributed by atoms with van der Waals surface area (Å²) in [5, 5.41) is 4.20. The molecule has 0 saturated heterocycles. The highest BCUT2D eigenvalue weighted by molar-refractivity contribution is 6.06. The molecule has 0 bridgehead atoms. The Morgan fingerprint density at radius 1 is 1.05 bits per heavy atom. The number of carbonyl (C=O) groups is 2. The molecule has 0 aliphatic heterocycles. The highest BCUT2D eigenvalue weighted by atomic mass is 19.4. The van der Waals surface area contributed by atoms with Gasteiger partial charge in [-0.25, -0.2) is 4.79 Å². The molecule has 2 N–H and O–H groups in total. The van der Waals surface area contributed by atoms with Crippen LogP contribution in [0.5, 0.6) is 0 Å². The highest BCUT2D eigenvalue weighted by Gasteiger charge is 2.30. The first-order valence-electron chi connectivity index (χ1n) is 5.69. The van der Waals surface area contributed by atoms with Crippen molar-refractivity contribution in [2.75, 3.05) is 5.32 Å². The predicted octanol–water partition coefficient (Wildman–Crippen LogP) is 3.26. The van der Waals surface area contributed by atoms with Gasteiger partial charge in [0.15, 0.2) is 5.76 Å². The summed E-state index contributed by atoms with van der Waals surface area (Å²) in [4.78, 5) is 23.0. The Balaban J connectivity index is 1.95. The third kappa shape index (κ3) is 3.85. The number of urea groups is 1. The molecule has 1 aromatic carbocycles. The molecule has 0 fully saturated rings. The maximum atomic E-state index is 12.4. The second-order valence-corrected chi connectivity index (χ2v) is 3.96. The van der Waals surface area contributed by atoms with E-state index in [9.17, 15) is 22.8 Å². The van der Waals surface area contributed by atoms with E-state index in [1.807, 2.05) is 5.32 Å². The van der Waals surface area contributed by atoms with E-state index < -0.39 is 23.7 Å². The lowest BCUT2D eigenvalue weighted by Gasteiger charge is -2.08. The number of nitrogens with one attached hydrogen (secondary N) is 2. The fraction of sp³-hybridized carbons (Fsp3) is 0.0769. The first-order valence-corrected chi connectivity index (χ1v) is 5.69. The number of benzene rings is 1. The van der Waals surface area contributed by atoms with Crippen molar-refractivity contribution in [3.63, 3.8) is 0 Å². The van der Waals surface area contributed by atoms with Crippen molar-refractivity contribution in [1.29, 1.82) is 0 Å². The zero-order valence-corrected chi connectivity index (χ0v) is 10.4. The predicted molar refractivity (Wildman–Crippen MR) is 66.6 cm³/mol. The first kappa shape index (κ1) is 14.6. The van der Waals surface area contributed by atoms with Crippen LogP contribution in [0, 0.1) is 0 Å². The normalized spacial score (nSPS) is 11.0. The summed E-state index contributed by atoms with van der Waals surface area (Å²) in [6, 6.07) is 5.77. The average Bonchev–Trinajstić information content (AvgIpc) is 2.92. The number of carbonyl (C=O) groups excluding carboxylic acids is 2. The summed E-state index contributed by atoms with van der Waals surface area (Å²) < 4.78 is 41.9. The summed E-state index contributed by atoms with van der Waals surface area (Å²) in [7, 11) is 0. The van der Waals surface area contributed by atoms with Crippen LogP contribution in [0.15, 0.2) is 47.1 Å². The lowest BCUT2D eigenvalue weighted by atomic mass is 10.2. The Morgan fingerprint density at radius 2 is 1.71 bits per heavy atom. The van der Waals surface area contributed by atoms with E-state index in [0.717, 1.165) is 24.3 Å². The summed E-state index contributed by atoms with van der Waals surface area (Å²) in [6.45, 7) is 0. The van der Waals surface area contributed by atoms with E-state index in [1.54, 1.807) is 0 Å². The number of imide groups is 1. The standard InChI is InChI=1S/C13H9F3N2O3/c14-13(15,16)8-3-5-9(6-4-8)17-12(20)18-11(19)10-2-1-7-21-10/h1-7H,(H2,17,18,19,20). The number of furan rings is 1. The summed E-state index contributed by atoms with van der Waals surface area (Å²) in [5.74, 6) is -0.818. The molecule has 0 unspecified atom stereocenters. The van der Waals surface area contributed by atoms with Crippen LogP contribution in [0.2, 0.25) is 0 Å². The smallest absolute Gasteiger partial charge is 0.416 e. The Morgan fingerprint density at radius 3 is 2.24 bits per heavy atom. The molecule has 110 valence electrons. The van der Waals surface area contributed by atoms with Gasteiger partial charge in [-0.15, -0.1) is 0 Å². The van der Waals surface area contributed by atoms with Crippen molar-refractivity contribution >= 4 is 17.6 Å². The SMILES string of the molecule is O=C(NC(=O)c1ccco1)Nc1ccc(C(F)(F)F)cc1. The number of hydrogen-bond acceptors (Lipinski definition) is 3. The Bertz CT molecular complexity index is 634. The van der Waals surface area contributed by atoms with Gasteiger partial charge in [0.2, 0.25) is 0 Å². The van der Waals surface area contributed by atoms with E-state index >= 15 is 0 Å². The van der Waals surface area contributed by atoms with Gasteiger partial charge in [0.1, 0.15) is 0 Å². The molecule has 0 atom stereocenters. The number of hydrogen-bond donors (Lipinski definition) is 2. The average molecular weight is 298 g/mol. The Kier molecular flexibility index (Phi) is 3.97. The van der Waals surface area contributed by atoms with Crippen molar-refractivity contribution in [3.05, 3.63) is 54.0 Å². The molecular formula is C13H9F3N2O3. The van der Waals surface area contributed by atoms with Crippen LogP contribution in [-0.4, -0.2) is 11.9 Å². The van der Waals surface area contributed by atoms with E-state index in [1.165, 1.54) is 18.4 Å². The summed E-state index contributed by atoms with van der Waals surface area (Å²) in [5.41, 5.74) is -0.715. The van der Waals surface area contributed by atoms with Gasteiger partial charge in [-0.05, 0) is 36.4 Å². The summed E-state index contributed by atoms with van der Waals surface area (Å²) in [6.07, 6.45) is -3.18. The topological polar surface area (TPSA) is 71.3 Å². The molecule has 2 aromatic rings. The number of rotatable bonds is 2. The van der Waals surface area contributed by atoms with Crippen LogP contribution in [-0.2, 0) is 6.18 Å². The van der Waals surface area contributed by atoms with Crippen LogP contribution >= 0.6 is 0 Å². The first-order chi connectivity index (χ1) is 9.86. The van der Waals surface area contributed by atoms with Crippen LogP contribution in [0.4, 0.5) is 23.7 Å². The lowest BCUT2D eigenvalue weighted by molar-refractivity contribution is -0.137. The van der Waals surface area contributed by atoms with Crippen molar-refractivity contribution in [3.8, 4) is 0 Å². The monoisotopic (exact) mass is 298 g/mol. The largest absolute Gasteiger partial charge is 0.459 e. The summed E-state index contributed by atoms with van der Waals surface area (Å²) >= 11 is 0. The van der Waals surface area contributed by atoms with Gasteiger partial charge in [0.05, 0.1) is 11.8 Å². The van der Waals surface area contributed by atoms with Crippen molar-refractivity contribution < 1.29 is 27.2 Å². The molecule has 0 aliphatic carbocycles. The highest BCUT2D eigenvalue weighted by Crippen LogP contribution is 2.29. The van der Waals surface area contributed by atoms with E-state index in [4.69, 9.17) is 4.42 Å². The van der Waals surface area contributed by atoms with Crippen molar-refractivity contribution in [2.45, 2.75) is 6.18 Å². The van der Waals surface area contributed by atoms with E-state index in [0.29, 0.717) is 0 Å². The molecule has 21 heavy (non-hydrogen) atoms. The minimum Gasteiger partial charge on any atom is -0.459 e. The maximum absolute atomic E-state index is 12.4. The van der Waals surface area contributed by atoms with Crippen molar-refractivity contribution in [1.82, 2.24) is 5.32 Å². The van der Waals surface area contributed by atoms with Gasteiger partial charge in [-0.3, -0.25) is 10.1 Å². The second-order valence-electron chi connectivity index (χ2n) is 3.96. The zero-order valence-electron chi connectivity index (χ0n) is 10.4. The Labute approximate surface area is 116 Å². The number of halogens is 3. The third-order valence-corrected chi connectivity index (χ3v) is 2.44. The maximum Gasteiger partial charge on any atom is 0.416 e. The van der Waals surface area contributed by atoms with Gasteiger partial charge in [0, 0.05) is 5.69 Å². The molecule has 0 aliphatic rings. The van der Waals surface area contributed by atoms with Crippen LogP contribution in [0.25, 0.3) is 0 Å². The molecule has 1 heterocycles. The molecule has 0 saturated carbocycles. The molecular weight excluding hydrogens is 289 g/mol. The van der Waals surface area contributed by atoms with E-state index in [2.05, 4.69) is 5.32 Å². The van der Waals surface area contributed by atoms with Gasteiger partial charge >= 0.3 is 12.2 Å². The minimum absolute atomic E-state index is 0.0578. The quantitative estimate of drug-likeness (QED) is 0.894. The van der Waals surface area contributed by atoms with Gasteiger partial charge < -0.3 is 9.73 Å². The zero-order chi connectivity index (χ0) is 15.5. The van der Waals surface area contributed by atoms with Crippen LogP contribution < -0.4 is 10.6 Å². The fourth-order valence-electron chi connectivity index (χ4n) is 1.48. The number of amides is 3. The molecule has 0 radical (unpaired) electrons. The van der Waals surface area contributed by atoms with Crippen LogP contribution in [0.3, 0.4) is 0 Å². The fourth-order valence-corrected chi connectivity index (χ4v) is 1.48. The second kappa shape index (κ2) is 5.70. The molecule has 3 amide bonds. The minimum atomic E-state index is -4.45. The van der Waals surface area contributed by atoms with Crippen molar-refractivity contribution in [2.24, 2.45) is 0 Å².